The van der Waals surface area contributed by atoms with Crippen molar-refractivity contribution in [3.8, 4) is 11.4 Å². The van der Waals surface area contributed by atoms with E-state index >= 15 is 0 Å². The molecule has 3 rings (SSSR count). The summed E-state index contributed by atoms with van der Waals surface area (Å²) in [7, 11) is 0. The van der Waals surface area contributed by atoms with Crippen molar-refractivity contribution in [3.05, 3.63) is 58.8 Å². The van der Waals surface area contributed by atoms with Gasteiger partial charge in [0, 0.05) is 29.5 Å². The van der Waals surface area contributed by atoms with Gasteiger partial charge in [0.25, 0.3) is 5.91 Å². The Labute approximate surface area is 160 Å². The third kappa shape index (κ3) is 4.60. The fraction of sp³-hybridized carbons (Fsp3) is 0.316. The van der Waals surface area contributed by atoms with Crippen molar-refractivity contribution in [1.29, 1.82) is 0 Å². The minimum absolute atomic E-state index is 0.115. The Morgan fingerprint density at radius 2 is 2.00 bits per heavy atom. The van der Waals surface area contributed by atoms with Crippen LogP contribution in [0.1, 0.15) is 36.2 Å². The van der Waals surface area contributed by atoms with Gasteiger partial charge >= 0.3 is 0 Å². The first-order valence-electron chi connectivity index (χ1n) is 8.58. The summed E-state index contributed by atoms with van der Waals surface area (Å²) >= 11 is 3.41. The molecule has 2 heterocycles. The highest BCUT2D eigenvalue weighted by Crippen LogP contribution is 2.19. The number of hydrogen-bond donors (Lipinski definition) is 0. The lowest BCUT2D eigenvalue weighted by Gasteiger charge is -2.20. The molecule has 0 fully saturated rings. The van der Waals surface area contributed by atoms with E-state index < -0.39 is 0 Å². The molecule has 0 aliphatic heterocycles. The number of benzene rings is 1. The van der Waals surface area contributed by atoms with E-state index in [-0.39, 0.29) is 5.91 Å². The third-order valence-corrected chi connectivity index (χ3v) is 4.50. The van der Waals surface area contributed by atoms with Gasteiger partial charge in [-0.05, 0) is 42.8 Å². The van der Waals surface area contributed by atoms with Gasteiger partial charge in [-0.25, -0.2) is 0 Å². The van der Waals surface area contributed by atoms with Crippen LogP contribution in [0.3, 0.4) is 0 Å². The lowest BCUT2D eigenvalue weighted by Crippen LogP contribution is -2.33. The van der Waals surface area contributed by atoms with E-state index in [9.17, 15) is 4.79 Å². The van der Waals surface area contributed by atoms with Gasteiger partial charge < -0.3 is 13.8 Å². The third-order valence-electron chi connectivity index (χ3n) is 3.97. The van der Waals surface area contributed by atoms with Gasteiger partial charge in [0.1, 0.15) is 0 Å². The van der Waals surface area contributed by atoms with Crippen LogP contribution < -0.4 is 0 Å². The van der Waals surface area contributed by atoms with E-state index in [1.165, 1.54) is 6.26 Å². The fourth-order valence-electron chi connectivity index (χ4n) is 2.52. The van der Waals surface area contributed by atoms with Gasteiger partial charge in [0.2, 0.25) is 11.7 Å². The average molecular weight is 418 g/mol. The second-order valence-electron chi connectivity index (χ2n) is 5.89. The summed E-state index contributed by atoms with van der Waals surface area (Å²) in [6, 6.07) is 11.1. The molecule has 0 unspecified atom stereocenters. The Kier molecular flexibility index (Phi) is 6.22. The maximum absolute atomic E-state index is 12.6. The Morgan fingerprint density at radius 3 is 2.69 bits per heavy atom. The molecule has 1 aromatic carbocycles. The topological polar surface area (TPSA) is 72.4 Å². The number of aromatic nitrogens is 2. The van der Waals surface area contributed by atoms with E-state index in [1.54, 1.807) is 17.0 Å². The largest absolute Gasteiger partial charge is 0.459 e. The van der Waals surface area contributed by atoms with Crippen molar-refractivity contribution in [2.45, 2.75) is 26.2 Å². The highest BCUT2D eigenvalue weighted by atomic mass is 79.9. The van der Waals surface area contributed by atoms with Gasteiger partial charge in [-0.3, -0.25) is 4.79 Å². The van der Waals surface area contributed by atoms with Crippen molar-refractivity contribution >= 4 is 21.8 Å². The van der Waals surface area contributed by atoms with Gasteiger partial charge in [-0.2, -0.15) is 4.98 Å². The number of nitrogens with zero attached hydrogens (tertiary/aromatic N) is 3. The first kappa shape index (κ1) is 18.4. The molecule has 3 aromatic rings. The summed E-state index contributed by atoms with van der Waals surface area (Å²) in [6.07, 6.45) is 3.95. The minimum atomic E-state index is -0.115. The maximum atomic E-state index is 12.6. The van der Waals surface area contributed by atoms with Gasteiger partial charge in [0.15, 0.2) is 5.76 Å². The number of halogens is 1. The second kappa shape index (κ2) is 8.80. The summed E-state index contributed by atoms with van der Waals surface area (Å²) in [5, 5.41) is 4.03. The second-order valence-corrected chi connectivity index (χ2v) is 6.81. The summed E-state index contributed by atoms with van der Waals surface area (Å²) in [6.45, 7) is 3.27. The number of carbonyl (C=O) groups excluding carboxylic acids is 1. The van der Waals surface area contributed by atoms with Crippen LogP contribution in [0, 0.1) is 0 Å². The van der Waals surface area contributed by atoms with Gasteiger partial charge in [0.05, 0.1) is 6.26 Å². The molecule has 0 saturated heterocycles. The molecular formula is C19H20BrN3O3. The zero-order valence-corrected chi connectivity index (χ0v) is 16.1. The molecule has 0 radical (unpaired) electrons. The number of carbonyl (C=O) groups is 1. The number of hydrogen-bond acceptors (Lipinski definition) is 5. The van der Waals surface area contributed by atoms with Crippen molar-refractivity contribution in [3.63, 3.8) is 0 Å². The van der Waals surface area contributed by atoms with Crippen molar-refractivity contribution in [2.75, 3.05) is 13.1 Å². The Morgan fingerprint density at radius 1 is 1.19 bits per heavy atom. The van der Waals surface area contributed by atoms with E-state index in [0.29, 0.717) is 37.0 Å². The van der Waals surface area contributed by atoms with E-state index in [1.807, 2.05) is 24.3 Å². The first-order valence-corrected chi connectivity index (χ1v) is 9.38. The molecule has 6 nitrogen and oxygen atoms in total. The lowest BCUT2D eigenvalue weighted by molar-refractivity contribution is 0.0720. The molecule has 0 atom stereocenters. The molecule has 26 heavy (non-hydrogen) atoms. The standard InChI is InChI=1S/C19H20BrN3O3/c1-2-3-11-23(19(24)16-5-4-13-25-16)12-10-17-21-18(22-26-17)14-6-8-15(20)9-7-14/h4-9,13H,2-3,10-12H2,1H3. The van der Waals surface area contributed by atoms with Crippen LogP contribution in [0.4, 0.5) is 0 Å². The number of rotatable bonds is 8. The summed E-state index contributed by atoms with van der Waals surface area (Å²) in [5.41, 5.74) is 0.887. The molecule has 0 saturated carbocycles. The maximum Gasteiger partial charge on any atom is 0.289 e. The highest BCUT2D eigenvalue weighted by Gasteiger charge is 2.19. The van der Waals surface area contributed by atoms with Crippen LogP contribution in [-0.4, -0.2) is 34.0 Å². The predicted octanol–water partition coefficient (Wildman–Crippen LogP) is 4.58. The number of unbranched alkanes of at least 4 members (excludes halogenated alkanes) is 1. The molecule has 0 N–H and O–H groups in total. The van der Waals surface area contributed by atoms with Crippen LogP contribution in [0.5, 0.6) is 0 Å². The van der Waals surface area contributed by atoms with Crippen LogP contribution in [0.15, 0.2) is 56.1 Å². The SMILES string of the molecule is CCCCN(CCc1nc(-c2ccc(Br)cc2)no1)C(=O)c1ccco1. The van der Waals surface area contributed by atoms with Crippen LogP contribution in [0.25, 0.3) is 11.4 Å². The molecular weight excluding hydrogens is 398 g/mol. The summed E-state index contributed by atoms with van der Waals surface area (Å²) in [5.74, 6) is 1.29. The average Bonchev–Trinajstić information content (AvgIpc) is 3.34. The number of amides is 1. The zero-order chi connectivity index (χ0) is 18.4. The Hall–Kier alpha value is -2.41. The molecule has 7 heteroatoms. The molecule has 2 aromatic heterocycles. The fourth-order valence-corrected chi connectivity index (χ4v) is 2.79. The quantitative estimate of drug-likeness (QED) is 0.536. The van der Waals surface area contributed by atoms with Crippen LogP contribution >= 0.6 is 15.9 Å². The molecule has 1 amide bonds. The number of furan rings is 1. The normalized spacial score (nSPS) is 10.8. The predicted molar refractivity (Wildman–Crippen MR) is 101 cm³/mol. The summed E-state index contributed by atoms with van der Waals surface area (Å²) in [4.78, 5) is 18.8. The van der Waals surface area contributed by atoms with Crippen LogP contribution in [0.2, 0.25) is 0 Å². The van der Waals surface area contributed by atoms with E-state index in [0.717, 1.165) is 22.9 Å². The van der Waals surface area contributed by atoms with Crippen molar-refractivity contribution in [2.24, 2.45) is 0 Å². The van der Waals surface area contributed by atoms with Crippen molar-refractivity contribution < 1.29 is 13.7 Å². The Balaban J connectivity index is 1.65. The molecule has 0 spiro atoms. The zero-order valence-electron chi connectivity index (χ0n) is 14.5. The smallest absolute Gasteiger partial charge is 0.289 e. The van der Waals surface area contributed by atoms with Gasteiger partial charge in [-0.1, -0.05) is 34.4 Å². The van der Waals surface area contributed by atoms with Gasteiger partial charge in [-0.15, -0.1) is 0 Å². The summed E-state index contributed by atoms with van der Waals surface area (Å²) < 4.78 is 11.6. The Bertz CT molecular complexity index is 828. The molecule has 136 valence electrons. The molecule has 0 bridgehead atoms. The van der Waals surface area contributed by atoms with E-state index in [2.05, 4.69) is 33.0 Å². The molecule has 0 aliphatic rings. The van der Waals surface area contributed by atoms with Crippen molar-refractivity contribution in [1.82, 2.24) is 15.0 Å². The molecule has 0 aliphatic carbocycles. The monoisotopic (exact) mass is 417 g/mol. The lowest BCUT2D eigenvalue weighted by atomic mass is 10.2. The minimum Gasteiger partial charge on any atom is -0.459 e. The first-order chi connectivity index (χ1) is 12.7. The van der Waals surface area contributed by atoms with E-state index in [4.69, 9.17) is 8.94 Å². The van der Waals surface area contributed by atoms with Crippen LogP contribution in [-0.2, 0) is 6.42 Å². The highest BCUT2D eigenvalue weighted by molar-refractivity contribution is 9.10.